The highest BCUT2D eigenvalue weighted by atomic mass is 16.1. The third-order valence-corrected chi connectivity index (χ3v) is 2.60. The van der Waals surface area contributed by atoms with Crippen LogP contribution in [0.2, 0.25) is 0 Å². The van der Waals surface area contributed by atoms with Crippen molar-refractivity contribution in [3.8, 4) is 0 Å². The summed E-state index contributed by atoms with van der Waals surface area (Å²) in [6, 6.07) is 7.95. The zero-order chi connectivity index (χ0) is 11.5. The summed E-state index contributed by atoms with van der Waals surface area (Å²) in [6.07, 6.45) is 0. The zero-order valence-corrected chi connectivity index (χ0v) is 9.50. The van der Waals surface area contributed by atoms with Gasteiger partial charge in [0.15, 0.2) is 0 Å². The van der Waals surface area contributed by atoms with Crippen LogP contribution in [0.15, 0.2) is 24.3 Å². The van der Waals surface area contributed by atoms with E-state index in [0.717, 1.165) is 11.1 Å². The third kappa shape index (κ3) is 2.57. The van der Waals surface area contributed by atoms with Crippen molar-refractivity contribution in [2.75, 3.05) is 6.54 Å². The standard InChI is InChI=1S/C12H18N2O/c1-9-6-4-5-7-11(9)12(3,8-13)14-10(2)15/h4-7H,8,13H2,1-3H3,(H,14,15)/t12-/m1/s1. The molecule has 0 spiro atoms. The molecule has 82 valence electrons. The summed E-state index contributed by atoms with van der Waals surface area (Å²) >= 11 is 0. The van der Waals surface area contributed by atoms with E-state index in [1.807, 2.05) is 38.1 Å². The van der Waals surface area contributed by atoms with E-state index in [1.54, 1.807) is 0 Å². The second-order valence-electron chi connectivity index (χ2n) is 4.03. The lowest BCUT2D eigenvalue weighted by Crippen LogP contribution is -2.48. The third-order valence-electron chi connectivity index (χ3n) is 2.60. The van der Waals surface area contributed by atoms with E-state index in [1.165, 1.54) is 6.92 Å². The Morgan fingerprint density at radius 3 is 2.53 bits per heavy atom. The van der Waals surface area contributed by atoms with E-state index in [9.17, 15) is 4.79 Å². The molecule has 0 aliphatic heterocycles. The Morgan fingerprint density at radius 2 is 2.07 bits per heavy atom. The molecular formula is C12H18N2O. The lowest BCUT2D eigenvalue weighted by atomic mass is 9.88. The molecule has 0 saturated carbocycles. The van der Waals surface area contributed by atoms with E-state index < -0.39 is 5.54 Å². The number of nitrogens with two attached hydrogens (primary N) is 1. The maximum Gasteiger partial charge on any atom is 0.217 e. The van der Waals surface area contributed by atoms with Gasteiger partial charge in [-0.3, -0.25) is 4.79 Å². The molecule has 1 aromatic rings. The Kier molecular flexibility index (Phi) is 3.48. The number of aryl methyl sites for hydroxylation is 1. The molecule has 0 unspecified atom stereocenters. The Morgan fingerprint density at radius 1 is 1.47 bits per heavy atom. The van der Waals surface area contributed by atoms with Crippen LogP contribution < -0.4 is 11.1 Å². The minimum atomic E-state index is -0.475. The predicted molar refractivity (Wildman–Crippen MR) is 61.4 cm³/mol. The average Bonchev–Trinajstić information content (AvgIpc) is 2.17. The molecule has 0 aliphatic rings. The van der Waals surface area contributed by atoms with E-state index in [-0.39, 0.29) is 5.91 Å². The normalized spacial score (nSPS) is 14.4. The first kappa shape index (κ1) is 11.7. The highest BCUT2D eigenvalue weighted by molar-refractivity contribution is 5.74. The quantitative estimate of drug-likeness (QED) is 0.783. The van der Waals surface area contributed by atoms with Crippen LogP contribution in [0.4, 0.5) is 0 Å². The molecule has 3 heteroatoms. The molecule has 0 fully saturated rings. The summed E-state index contributed by atoms with van der Waals surface area (Å²) in [4.78, 5) is 11.1. The summed E-state index contributed by atoms with van der Waals surface area (Å²) in [5, 5.41) is 2.90. The van der Waals surface area contributed by atoms with Gasteiger partial charge < -0.3 is 11.1 Å². The molecule has 15 heavy (non-hydrogen) atoms. The van der Waals surface area contributed by atoms with Crippen molar-refractivity contribution in [2.45, 2.75) is 26.3 Å². The van der Waals surface area contributed by atoms with Gasteiger partial charge in [0.2, 0.25) is 5.91 Å². The number of carbonyl (C=O) groups excluding carboxylic acids is 1. The van der Waals surface area contributed by atoms with Gasteiger partial charge in [0.25, 0.3) is 0 Å². The van der Waals surface area contributed by atoms with Crippen molar-refractivity contribution >= 4 is 5.91 Å². The average molecular weight is 206 g/mol. The Labute approximate surface area is 90.7 Å². The van der Waals surface area contributed by atoms with E-state index in [0.29, 0.717) is 6.54 Å². The van der Waals surface area contributed by atoms with Crippen molar-refractivity contribution in [3.05, 3.63) is 35.4 Å². The van der Waals surface area contributed by atoms with Gasteiger partial charge in [-0.25, -0.2) is 0 Å². The van der Waals surface area contributed by atoms with Gasteiger partial charge in [-0.05, 0) is 25.0 Å². The van der Waals surface area contributed by atoms with Crippen LogP contribution in [-0.4, -0.2) is 12.5 Å². The van der Waals surface area contributed by atoms with Crippen molar-refractivity contribution < 1.29 is 4.79 Å². The SMILES string of the molecule is CC(=O)N[C@](C)(CN)c1ccccc1C. The van der Waals surface area contributed by atoms with Gasteiger partial charge in [-0.15, -0.1) is 0 Å². The van der Waals surface area contributed by atoms with Gasteiger partial charge >= 0.3 is 0 Å². The van der Waals surface area contributed by atoms with Crippen LogP contribution in [0.3, 0.4) is 0 Å². The van der Waals surface area contributed by atoms with Crippen molar-refractivity contribution in [1.82, 2.24) is 5.32 Å². The number of hydrogen-bond acceptors (Lipinski definition) is 2. The molecule has 0 heterocycles. The monoisotopic (exact) mass is 206 g/mol. The van der Waals surface area contributed by atoms with E-state index in [2.05, 4.69) is 5.32 Å². The summed E-state index contributed by atoms with van der Waals surface area (Å²) in [7, 11) is 0. The van der Waals surface area contributed by atoms with E-state index in [4.69, 9.17) is 5.73 Å². The maximum atomic E-state index is 11.1. The number of carbonyl (C=O) groups is 1. The van der Waals surface area contributed by atoms with Gasteiger partial charge in [0.1, 0.15) is 0 Å². The van der Waals surface area contributed by atoms with Crippen LogP contribution in [0.5, 0.6) is 0 Å². The fraction of sp³-hybridized carbons (Fsp3) is 0.417. The summed E-state index contributed by atoms with van der Waals surface area (Å²) in [5.41, 5.74) is 7.48. The van der Waals surface area contributed by atoms with Crippen LogP contribution in [0.25, 0.3) is 0 Å². The molecule has 1 amide bonds. The lowest BCUT2D eigenvalue weighted by Gasteiger charge is -2.30. The number of amides is 1. The van der Waals surface area contributed by atoms with Crippen molar-refractivity contribution in [1.29, 1.82) is 0 Å². The molecule has 3 nitrogen and oxygen atoms in total. The molecular weight excluding hydrogens is 188 g/mol. The van der Waals surface area contributed by atoms with Gasteiger partial charge in [-0.1, -0.05) is 24.3 Å². The number of benzene rings is 1. The van der Waals surface area contributed by atoms with Gasteiger partial charge in [0, 0.05) is 13.5 Å². The molecule has 1 rings (SSSR count). The highest BCUT2D eigenvalue weighted by Gasteiger charge is 2.26. The molecule has 0 aromatic heterocycles. The van der Waals surface area contributed by atoms with Gasteiger partial charge in [-0.2, -0.15) is 0 Å². The molecule has 3 N–H and O–H groups in total. The summed E-state index contributed by atoms with van der Waals surface area (Å²) in [6.45, 7) is 5.85. The predicted octanol–water partition coefficient (Wildman–Crippen LogP) is 1.31. The molecule has 0 aliphatic carbocycles. The van der Waals surface area contributed by atoms with Crippen molar-refractivity contribution in [3.63, 3.8) is 0 Å². The number of nitrogens with one attached hydrogen (secondary N) is 1. The van der Waals surface area contributed by atoms with Crippen LogP contribution in [0.1, 0.15) is 25.0 Å². The van der Waals surface area contributed by atoms with Crippen LogP contribution >= 0.6 is 0 Å². The smallest absolute Gasteiger partial charge is 0.217 e. The summed E-state index contributed by atoms with van der Waals surface area (Å²) in [5.74, 6) is -0.0637. The first-order valence-corrected chi connectivity index (χ1v) is 5.04. The molecule has 0 saturated heterocycles. The van der Waals surface area contributed by atoms with E-state index >= 15 is 0 Å². The number of rotatable bonds is 3. The van der Waals surface area contributed by atoms with Crippen LogP contribution in [0, 0.1) is 6.92 Å². The summed E-state index contributed by atoms with van der Waals surface area (Å²) < 4.78 is 0. The minimum Gasteiger partial charge on any atom is -0.346 e. The molecule has 0 bridgehead atoms. The first-order chi connectivity index (χ1) is 6.99. The molecule has 1 aromatic carbocycles. The second-order valence-corrected chi connectivity index (χ2v) is 4.03. The Bertz CT molecular complexity index is 362. The Hall–Kier alpha value is -1.35. The fourth-order valence-corrected chi connectivity index (χ4v) is 1.81. The largest absolute Gasteiger partial charge is 0.346 e. The lowest BCUT2D eigenvalue weighted by molar-refractivity contribution is -0.120. The van der Waals surface area contributed by atoms with Crippen LogP contribution in [-0.2, 0) is 10.3 Å². The molecule has 1 atom stereocenters. The fourth-order valence-electron chi connectivity index (χ4n) is 1.81. The minimum absolute atomic E-state index is 0.0637. The molecule has 0 radical (unpaired) electrons. The first-order valence-electron chi connectivity index (χ1n) is 5.04. The highest BCUT2D eigenvalue weighted by Crippen LogP contribution is 2.22. The zero-order valence-electron chi connectivity index (χ0n) is 9.50. The van der Waals surface area contributed by atoms with Gasteiger partial charge in [0.05, 0.1) is 5.54 Å². The second kappa shape index (κ2) is 4.45. The van der Waals surface area contributed by atoms with Crippen molar-refractivity contribution in [2.24, 2.45) is 5.73 Å². The maximum absolute atomic E-state index is 11.1. The Balaban J connectivity index is 3.11. The topological polar surface area (TPSA) is 55.1 Å². The number of hydrogen-bond donors (Lipinski definition) is 2.